The van der Waals surface area contributed by atoms with Crippen LogP contribution in [0.1, 0.15) is 12.5 Å². The van der Waals surface area contributed by atoms with Crippen molar-refractivity contribution in [3.8, 4) is 5.75 Å². The van der Waals surface area contributed by atoms with Crippen LogP contribution in [-0.2, 0) is 11.3 Å². The molecule has 1 atom stereocenters. The topological polar surface area (TPSA) is 42.5 Å². The van der Waals surface area contributed by atoms with E-state index in [1.54, 1.807) is 14.2 Å². The summed E-state index contributed by atoms with van der Waals surface area (Å²) in [6.45, 7) is 3.31. The van der Waals surface area contributed by atoms with Crippen molar-refractivity contribution in [3.63, 3.8) is 0 Å². The van der Waals surface area contributed by atoms with Gasteiger partial charge in [0.05, 0.1) is 13.7 Å². The summed E-state index contributed by atoms with van der Waals surface area (Å²) in [6.07, 6.45) is 0. The Labute approximate surface area is 114 Å². The van der Waals surface area contributed by atoms with Crippen LogP contribution < -0.4 is 15.4 Å². The minimum Gasteiger partial charge on any atom is -0.497 e. The Hall–Kier alpha value is -1.33. The standard InChI is InChI=1S/C13H20N2O2S/c1-10(9-16-2)15-13(18)14-8-11-5-4-6-12(7-11)17-3/h4-7,10H,8-9H2,1-3H3,(H2,14,15,18). The molecule has 0 fully saturated rings. The van der Waals surface area contributed by atoms with Gasteiger partial charge in [-0.1, -0.05) is 12.1 Å². The second kappa shape index (κ2) is 7.89. The largest absolute Gasteiger partial charge is 0.497 e. The molecule has 0 bridgehead atoms. The molecule has 0 heterocycles. The molecule has 2 N–H and O–H groups in total. The van der Waals surface area contributed by atoms with Crippen molar-refractivity contribution in [1.29, 1.82) is 0 Å². The highest BCUT2D eigenvalue weighted by molar-refractivity contribution is 7.80. The van der Waals surface area contributed by atoms with E-state index in [0.29, 0.717) is 18.3 Å². The zero-order valence-electron chi connectivity index (χ0n) is 11.0. The van der Waals surface area contributed by atoms with Crippen LogP contribution in [0.15, 0.2) is 24.3 Å². The van der Waals surface area contributed by atoms with Crippen LogP contribution in [0.25, 0.3) is 0 Å². The van der Waals surface area contributed by atoms with Crippen LogP contribution in [0.5, 0.6) is 5.75 Å². The van der Waals surface area contributed by atoms with Crippen molar-refractivity contribution in [2.24, 2.45) is 0 Å². The zero-order chi connectivity index (χ0) is 13.4. The molecule has 1 aromatic carbocycles. The fourth-order valence-corrected chi connectivity index (χ4v) is 1.80. The molecule has 1 unspecified atom stereocenters. The zero-order valence-corrected chi connectivity index (χ0v) is 11.8. The normalized spacial score (nSPS) is 11.7. The van der Waals surface area contributed by atoms with Crippen LogP contribution in [0.3, 0.4) is 0 Å². The smallest absolute Gasteiger partial charge is 0.166 e. The number of benzene rings is 1. The van der Waals surface area contributed by atoms with E-state index in [0.717, 1.165) is 11.3 Å². The molecular formula is C13H20N2O2S. The molecule has 0 saturated carbocycles. The third-order valence-electron chi connectivity index (χ3n) is 2.38. The molecule has 0 aromatic heterocycles. The molecule has 1 rings (SSSR count). The SMILES string of the molecule is COCC(C)NC(=S)NCc1cccc(OC)c1. The van der Waals surface area contributed by atoms with Gasteiger partial charge in [0.2, 0.25) is 0 Å². The van der Waals surface area contributed by atoms with Crippen LogP contribution in [0.2, 0.25) is 0 Å². The van der Waals surface area contributed by atoms with Gasteiger partial charge in [0, 0.05) is 19.7 Å². The molecule has 1 aromatic rings. The minimum absolute atomic E-state index is 0.195. The number of ether oxygens (including phenoxy) is 2. The molecule has 0 saturated heterocycles. The van der Waals surface area contributed by atoms with E-state index in [4.69, 9.17) is 21.7 Å². The van der Waals surface area contributed by atoms with E-state index in [9.17, 15) is 0 Å². The Morgan fingerprint density at radius 1 is 1.39 bits per heavy atom. The number of nitrogens with one attached hydrogen (secondary N) is 2. The second-order valence-electron chi connectivity index (χ2n) is 4.03. The fraction of sp³-hybridized carbons (Fsp3) is 0.462. The molecule has 0 aliphatic rings. The van der Waals surface area contributed by atoms with Gasteiger partial charge in [0.15, 0.2) is 5.11 Å². The predicted molar refractivity (Wildman–Crippen MR) is 76.9 cm³/mol. The number of rotatable bonds is 6. The summed E-state index contributed by atoms with van der Waals surface area (Å²) in [7, 11) is 3.33. The van der Waals surface area contributed by atoms with Gasteiger partial charge in [-0.2, -0.15) is 0 Å². The van der Waals surface area contributed by atoms with Gasteiger partial charge in [-0.15, -0.1) is 0 Å². The molecule has 18 heavy (non-hydrogen) atoms. The summed E-state index contributed by atoms with van der Waals surface area (Å²) in [4.78, 5) is 0. The lowest BCUT2D eigenvalue weighted by Gasteiger charge is -2.16. The Balaban J connectivity index is 2.37. The van der Waals surface area contributed by atoms with E-state index in [1.807, 2.05) is 31.2 Å². The Bertz CT molecular complexity index is 385. The van der Waals surface area contributed by atoms with E-state index in [2.05, 4.69) is 10.6 Å². The average Bonchev–Trinajstić information content (AvgIpc) is 2.37. The summed E-state index contributed by atoms with van der Waals surface area (Å²) in [5, 5.41) is 6.92. The maximum atomic E-state index is 5.20. The highest BCUT2D eigenvalue weighted by Gasteiger charge is 2.03. The quantitative estimate of drug-likeness (QED) is 0.769. The van der Waals surface area contributed by atoms with Crippen LogP contribution in [0.4, 0.5) is 0 Å². The highest BCUT2D eigenvalue weighted by atomic mass is 32.1. The number of hydrogen-bond donors (Lipinski definition) is 2. The van der Waals surface area contributed by atoms with E-state index >= 15 is 0 Å². The molecule has 0 aliphatic carbocycles. The second-order valence-corrected chi connectivity index (χ2v) is 4.44. The number of methoxy groups -OCH3 is 2. The van der Waals surface area contributed by atoms with Crippen molar-refractivity contribution in [3.05, 3.63) is 29.8 Å². The van der Waals surface area contributed by atoms with Gasteiger partial charge in [0.25, 0.3) is 0 Å². The molecule has 0 spiro atoms. The lowest BCUT2D eigenvalue weighted by Crippen LogP contribution is -2.42. The lowest BCUT2D eigenvalue weighted by molar-refractivity contribution is 0.179. The molecule has 100 valence electrons. The Morgan fingerprint density at radius 2 is 2.17 bits per heavy atom. The van der Waals surface area contributed by atoms with Gasteiger partial charge in [-0.05, 0) is 36.8 Å². The van der Waals surface area contributed by atoms with E-state index in [-0.39, 0.29) is 6.04 Å². The third kappa shape index (κ3) is 5.33. The van der Waals surface area contributed by atoms with Crippen molar-refractivity contribution in [1.82, 2.24) is 10.6 Å². The maximum absolute atomic E-state index is 5.20. The summed E-state index contributed by atoms with van der Waals surface area (Å²) in [6, 6.07) is 8.08. The molecule has 4 nitrogen and oxygen atoms in total. The molecular weight excluding hydrogens is 248 g/mol. The Kier molecular flexibility index (Phi) is 6.46. The fourth-order valence-electron chi connectivity index (χ4n) is 1.53. The van der Waals surface area contributed by atoms with Crippen molar-refractivity contribution in [2.75, 3.05) is 20.8 Å². The monoisotopic (exact) mass is 268 g/mol. The summed E-state index contributed by atoms with van der Waals surface area (Å²) < 4.78 is 10.2. The van der Waals surface area contributed by atoms with Crippen LogP contribution >= 0.6 is 12.2 Å². The number of hydrogen-bond acceptors (Lipinski definition) is 3. The van der Waals surface area contributed by atoms with E-state index in [1.165, 1.54) is 0 Å². The van der Waals surface area contributed by atoms with Gasteiger partial charge in [-0.3, -0.25) is 0 Å². The van der Waals surface area contributed by atoms with Gasteiger partial charge >= 0.3 is 0 Å². The third-order valence-corrected chi connectivity index (χ3v) is 2.64. The predicted octanol–water partition coefficient (Wildman–Crippen LogP) is 1.69. The summed E-state index contributed by atoms with van der Waals surface area (Å²) in [5.74, 6) is 0.848. The average molecular weight is 268 g/mol. The Morgan fingerprint density at radius 3 is 2.83 bits per heavy atom. The first-order valence-corrected chi connectivity index (χ1v) is 6.22. The highest BCUT2D eigenvalue weighted by Crippen LogP contribution is 2.11. The lowest BCUT2D eigenvalue weighted by atomic mass is 10.2. The molecule has 0 radical (unpaired) electrons. The van der Waals surface area contributed by atoms with Gasteiger partial charge < -0.3 is 20.1 Å². The van der Waals surface area contributed by atoms with Crippen LogP contribution in [0, 0.1) is 0 Å². The van der Waals surface area contributed by atoms with Gasteiger partial charge in [-0.25, -0.2) is 0 Å². The first kappa shape index (κ1) is 14.7. The maximum Gasteiger partial charge on any atom is 0.166 e. The van der Waals surface area contributed by atoms with Crippen molar-refractivity contribution in [2.45, 2.75) is 19.5 Å². The van der Waals surface area contributed by atoms with Crippen molar-refractivity contribution < 1.29 is 9.47 Å². The molecule has 5 heteroatoms. The van der Waals surface area contributed by atoms with Crippen LogP contribution in [-0.4, -0.2) is 32.0 Å². The number of thiocarbonyl (C=S) groups is 1. The first-order chi connectivity index (χ1) is 8.65. The summed E-state index contributed by atoms with van der Waals surface area (Å²) in [5.41, 5.74) is 1.12. The summed E-state index contributed by atoms with van der Waals surface area (Å²) >= 11 is 5.20. The first-order valence-electron chi connectivity index (χ1n) is 5.82. The van der Waals surface area contributed by atoms with Gasteiger partial charge in [0.1, 0.15) is 5.75 Å². The van der Waals surface area contributed by atoms with E-state index < -0.39 is 0 Å². The molecule has 0 amide bonds. The molecule has 0 aliphatic heterocycles. The minimum atomic E-state index is 0.195. The van der Waals surface area contributed by atoms with Crippen molar-refractivity contribution >= 4 is 17.3 Å².